The van der Waals surface area contributed by atoms with Crippen LogP contribution in [0.5, 0.6) is 0 Å². The van der Waals surface area contributed by atoms with E-state index in [0.717, 1.165) is 30.8 Å². The summed E-state index contributed by atoms with van der Waals surface area (Å²) in [5.41, 5.74) is 0. The number of rotatable bonds is 1. The van der Waals surface area contributed by atoms with Crippen LogP contribution in [0.25, 0.3) is 0 Å². The zero-order valence-electron chi connectivity index (χ0n) is 8.39. The van der Waals surface area contributed by atoms with Crippen LogP contribution in [0.1, 0.15) is 22.5 Å². The van der Waals surface area contributed by atoms with Gasteiger partial charge in [0.05, 0.1) is 17.1 Å². The molecule has 80 valence electrons. The van der Waals surface area contributed by atoms with Crippen molar-refractivity contribution < 1.29 is 9.53 Å². The fourth-order valence-electron chi connectivity index (χ4n) is 2.34. The van der Waals surface area contributed by atoms with Gasteiger partial charge in [-0.1, -0.05) is 6.07 Å². The Labute approximate surface area is 92.6 Å². The van der Waals surface area contributed by atoms with E-state index in [1.54, 1.807) is 0 Å². The lowest BCUT2D eigenvalue weighted by atomic mass is 10.2. The maximum absolute atomic E-state index is 12.1. The highest BCUT2D eigenvalue weighted by Gasteiger charge is 2.36. The van der Waals surface area contributed by atoms with Crippen molar-refractivity contribution in [3.05, 3.63) is 22.4 Å². The number of hydrogen-bond acceptors (Lipinski definition) is 3. The first-order chi connectivity index (χ1) is 7.33. The highest BCUT2D eigenvalue weighted by molar-refractivity contribution is 7.12. The second-order valence-corrected chi connectivity index (χ2v) is 5.09. The molecule has 2 aliphatic heterocycles. The van der Waals surface area contributed by atoms with Gasteiger partial charge in [-0.05, 0) is 24.3 Å². The van der Waals surface area contributed by atoms with E-state index in [4.69, 9.17) is 4.74 Å². The van der Waals surface area contributed by atoms with Gasteiger partial charge in [-0.3, -0.25) is 4.79 Å². The number of likely N-dealkylation sites (tertiary alicyclic amines) is 1. The van der Waals surface area contributed by atoms with E-state index in [-0.39, 0.29) is 18.1 Å². The maximum Gasteiger partial charge on any atom is 0.264 e. The Hall–Kier alpha value is -0.870. The molecule has 4 heteroatoms. The number of morpholine rings is 1. The lowest BCUT2D eigenvalue weighted by Gasteiger charge is -2.31. The van der Waals surface area contributed by atoms with E-state index in [1.807, 2.05) is 22.4 Å². The van der Waals surface area contributed by atoms with E-state index < -0.39 is 0 Å². The minimum atomic E-state index is 0.171. The van der Waals surface area contributed by atoms with Crippen molar-refractivity contribution in [2.24, 2.45) is 0 Å². The third kappa shape index (κ3) is 1.68. The van der Waals surface area contributed by atoms with E-state index in [1.165, 1.54) is 11.3 Å². The molecule has 1 amide bonds. The average molecular weight is 223 g/mol. The van der Waals surface area contributed by atoms with Gasteiger partial charge < -0.3 is 9.64 Å². The Morgan fingerprint density at radius 2 is 2.13 bits per heavy atom. The van der Waals surface area contributed by atoms with Gasteiger partial charge in [0.2, 0.25) is 0 Å². The fraction of sp³-hybridized carbons (Fsp3) is 0.545. The Morgan fingerprint density at radius 3 is 2.73 bits per heavy atom. The van der Waals surface area contributed by atoms with Gasteiger partial charge in [0.1, 0.15) is 0 Å². The van der Waals surface area contributed by atoms with Crippen LogP contribution in [-0.2, 0) is 4.74 Å². The summed E-state index contributed by atoms with van der Waals surface area (Å²) in [6.45, 7) is 1.54. The summed E-state index contributed by atoms with van der Waals surface area (Å²) in [6.07, 6.45) is 2.79. The molecular weight excluding hydrogens is 210 g/mol. The van der Waals surface area contributed by atoms with Crippen LogP contribution in [0, 0.1) is 0 Å². The molecule has 3 nitrogen and oxygen atoms in total. The topological polar surface area (TPSA) is 29.5 Å². The molecule has 0 radical (unpaired) electrons. The highest BCUT2D eigenvalue weighted by atomic mass is 32.1. The lowest BCUT2D eigenvalue weighted by molar-refractivity contribution is -0.0302. The van der Waals surface area contributed by atoms with Crippen LogP contribution in [0.2, 0.25) is 0 Å². The third-order valence-corrected chi connectivity index (χ3v) is 3.92. The van der Waals surface area contributed by atoms with Crippen LogP contribution in [0.4, 0.5) is 0 Å². The molecule has 2 atom stereocenters. The first-order valence-electron chi connectivity index (χ1n) is 5.31. The number of nitrogens with zero attached hydrogens (tertiary/aromatic N) is 1. The molecule has 2 bridgehead atoms. The van der Waals surface area contributed by atoms with Gasteiger partial charge in [-0.15, -0.1) is 11.3 Å². The molecule has 0 spiro atoms. The number of ether oxygens (including phenoxy) is 1. The number of fused-ring (bicyclic) bond motifs is 2. The lowest BCUT2D eigenvalue weighted by Crippen LogP contribution is -2.45. The molecule has 15 heavy (non-hydrogen) atoms. The minimum Gasteiger partial charge on any atom is -0.371 e. The predicted molar refractivity (Wildman–Crippen MR) is 58.1 cm³/mol. The van der Waals surface area contributed by atoms with E-state index in [2.05, 4.69) is 0 Å². The second-order valence-electron chi connectivity index (χ2n) is 4.14. The summed E-state index contributed by atoms with van der Waals surface area (Å²) in [5, 5.41) is 1.95. The van der Waals surface area contributed by atoms with Crippen molar-refractivity contribution >= 4 is 17.2 Å². The highest BCUT2D eigenvalue weighted by Crippen LogP contribution is 2.27. The number of thiophene rings is 1. The van der Waals surface area contributed by atoms with Crippen molar-refractivity contribution in [2.75, 3.05) is 13.1 Å². The van der Waals surface area contributed by atoms with Gasteiger partial charge in [0.25, 0.3) is 5.91 Å². The standard InChI is InChI=1S/C11H13NO2S/c13-11(10-2-1-5-15-10)12-6-8-3-4-9(7-12)14-8/h1-2,5,8-9H,3-4,6-7H2. The van der Waals surface area contributed by atoms with Crippen molar-refractivity contribution in [2.45, 2.75) is 25.0 Å². The number of carbonyl (C=O) groups is 1. The zero-order valence-corrected chi connectivity index (χ0v) is 9.20. The van der Waals surface area contributed by atoms with Gasteiger partial charge in [-0.2, -0.15) is 0 Å². The van der Waals surface area contributed by atoms with Gasteiger partial charge >= 0.3 is 0 Å². The van der Waals surface area contributed by atoms with Crippen molar-refractivity contribution in [3.63, 3.8) is 0 Å². The monoisotopic (exact) mass is 223 g/mol. The zero-order chi connectivity index (χ0) is 10.3. The minimum absolute atomic E-state index is 0.171. The smallest absolute Gasteiger partial charge is 0.264 e. The summed E-state index contributed by atoms with van der Waals surface area (Å²) in [5.74, 6) is 0.171. The Balaban J connectivity index is 1.75. The van der Waals surface area contributed by atoms with Gasteiger partial charge in [0, 0.05) is 13.1 Å². The first-order valence-corrected chi connectivity index (χ1v) is 6.19. The Kier molecular flexibility index (Phi) is 2.25. The molecule has 0 aliphatic carbocycles. The Bertz CT molecular complexity index is 351. The quantitative estimate of drug-likeness (QED) is 0.726. The number of carbonyl (C=O) groups excluding carboxylic acids is 1. The fourth-order valence-corrected chi connectivity index (χ4v) is 3.03. The normalized spacial score (nSPS) is 29.5. The van der Waals surface area contributed by atoms with Crippen LogP contribution < -0.4 is 0 Å². The summed E-state index contributed by atoms with van der Waals surface area (Å²) in [4.78, 5) is 14.8. The van der Waals surface area contributed by atoms with Gasteiger partial charge in [0.15, 0.2) is 0 Å². The SMILES string of the molecule is O=C(c1cccs1)N1CC2CCC(C1)O2. The third-order valence-electron chi connectivity index (χ3n) is 3.06. The number of amides is 1. The molecule has 1 aromatic heterocycles. The molecule has 1 aromatic rings. The molecule has 0 N–H and O–H groups in total. The summed E-state index contributed by atoms with van der Waals surface area (Å²) < 4.78 is 5.70. The number of hydrogen-bond donors (Lipinski definition) is 0. The molecule has 0 aromatic carbocycles. The maximum atomic E-state index is 12.1. The molecular formula is C11H13NO2S. The molecule has 2 fully saturated rings. The average Bonchev–Trinajstić information content (AvgIpc) is 2.87. The summed E-state index contributed by atoms with van der Waals surface area (Å²) in [7, 11) is 0. The van der Waals surface area contributed by atoms with E-state index >= 15 is 0 Å². The van der Waals surface area contributed by atoms with Crippen LogP contribution in [0.15, 0.2) is 17.5 Å². The molecule has 2 saturated heterocycles. The van der Waals surface area contributed by atoms with Crippen LogP contribution >= 0.6 is 11.3 Å². The van der Waals surface area contributed by atoms with Crippen LogP contribution in [0.3, 0.4) is 0 Å². The van der Waals surface area contributed by atoms with E-state index in [9.17, 15) is 4.79 Å². The molecule has 2 aliphatic rings. The van der Waals surface area contributed by atoms with Crippen molar-refractivity contribution in [1.82, 2.24) is 4.90 Å². The van der Waals surface area contributed by atoms with Crippen molar-refractivity contribution in [1.29, 1.82) is 0 Å². The first kappa shape index (κ1) is 9.36. The summed E-state index contributed by atoms with van der Waals surface area (Å²) in [6, 6.07) is 3.82. The van der Waals surface area contributed by atoms with Crippen molar-refractivity contribution in [3.8, 4) is 0 Å². The molecule has 3 heterocycles. The second kappa shape index (κ2) is 3.61. The van der Waals surface area contributed by atoms with Gasteiger partial charge in [-0.25, -0.2) is 0 Å². The molecule has 3 rings (SSSR count). The largest absolute Gasteiger partial charge is 0.371 e. The van der Waals surface area contributed by atoms with E-state index in [0.29, 0.717) is 0 Å². The molecule has 0 saturated carbocycles. The Morgan fingerprint density at radius 1 is 1.40 bits per heavy atom. The van der Waals surface area contributed by atoms with Crippen LogP contribution in [-0.4, -0.2) is 36.1 Å². The molecule has 2 unspecified atom stereocenters. The predicted octanol–water partition coefficient (Wildman–Crippen LogP) is 1.75. The summed E-state index contributed by atoms with van der Waals surface area (Å²) >= 11 is 1.52.